The number of rotatable bonds is 6. The number of ether oxygens (including phenoxy) is 2. The molecule has 0 aliphatic rings. The van der Waals surface area contributed by atoms with Crippen LogP contribution in [0.25, 0.3) is 0 Å². The molecule has 0 unspecified atom stereocenters. The summed E-state index contributed by atoms with van der Waals surface area (Å²) in [5.74, 6) is -4.21. The number of carbonyl (C=O) groups excluding carboxylic acids is 4. The van der Waals surface area contributed by atoms with Crippen molar-refractivity contribution in [2.75, 3.05) is 19.2 Å². The van der Waals surface area contributed by atoms with Gasteiger partial charge in [-0.1, -0.05) is 17.7 Å². The molecule has 5 amide bonds. The second-order valence-corrected chi connectivity index (χ2v) is 7.29. The number of urea groups is 1. The van der Waals surface area contributed by atoms with E-state index in [1.54, 1.807) is 10.7 Å². The van der Waals surface area contributed by atoms with Crippen LogP contribution in [0.2, 0.25) is 5.02 Å². The number of methoxy groups -OCH3 is 2. The minimum absolute atomic E-state index is 0.0401. The van der Waals surface area contributed by atoms with E-state index in [2.05, 4.69) is 4.74 Å². The number of benzene rings is 2. The first kappa shape index (κ1) is 28.7. The van der Waals surface area contributed by atoms with Gasteiger partial charge in [0.1, 0.15) is 11.3 Å². The van der Waals surface area contributed by atoms with E-state index in [0.29, 0.717) is 5.01 Å². The lowest BCUT2D eigenvalue weighted by Crippen LogP contribution is -2.52. The first-order valence-corrected chi connectivity index (χ1v) is 10.2. The zero-order chi connectivity index (χ0) is 27.9. The quantitative estimate of drug-likeness (QED) is 0.317. The Balaban J connectivity index is 2.29. The van der Waals surface area contributed by atoms with Crippen LogP contribution in [-0.4, -0.2) is 55.4 Å². The number of esters is 1. The highest BCUT2D eigenvalue weighted by Crippen LogP contribution is 2.26. The van der Waals surface area contributed by atoms with Gasteiger partial charge < -0.3 is 19.9 Å². The van der Waals surface area contributed by atoms with Crippen molar-refractivity contribution < 1.29 is 51.7 Å². The minimum atomic E-state index is -5.11. The summed E-state index contributed by atoms with van der Waals surface area (Å²) in [6.45, 7) is -0.608. The average Bonchev–Trinajstić information content (AvgIpc) is 2.84. The van der Waals surface area contributed by atoms with E-state index in [1.165, 1.54) is 19.2 Å². The maximum atomic E-state index is 12.8. The van der Waals surface area contributed by atoms with Gasteiger partial charge in [0.25, 0.3) is 5.91 Å². The highest BCUT2D eigenvalue weighted by molar-refractivity contribution is 6.34. The van der Waals surface area contributed by atoms with E-state index in [0.717, 1.165) is 31.4 Å². The molecule has 0 heterocycles. The number of nitrogens with zero attached hydrogens (tertiary/aromatic N) is 1. The van der Waals surface area contributed by atoms with Gasteiger partial charge >= 0.3 is 30.2 Å². The molecule has 0 atom stereocenters. The monoisotopic (exact) mass is 546 g/mol. The number of halogens is 4. The summed E-state index contributed by atoms with van der Waals surface area (Å²) in [6, 6.07) is 5.57. The topological polar surface area (TPSA) is 163 Å². The lowest BCUT2D eigenvalue weighted by Gasteiger charge is -2.22. The molecular weight excluding hydrogens is 529 g/mol. The molecule has 37 heavy (non-hydrogen) atoms. The summed E-state index contributed by atoms with van der Waals surface area (Å²) in [4.78, 5) is 59.6. The fourth-order valence-electron chi connectivity index (χ4n) is 2.79. The minimum Gasteiger partial charge on any atom is -0.496 e. The van der Waals surface area contributed by atoms with Crippen LogP contribution in [0.15, 0.2) is 36.4 Å². The molecule has 2 aromatic rings. The summed E-state index contributed by atoms with van der Waals surface area (Å²) < 4.78 is 46.8. The van der Waals surface area contributed by atoms with Crippen LogP contribution in [0.5, 0.6) is 5.75 Å². The molecule has 2 rings (SSSR count). The van der Waals surface area contributed by atoms with Gasteiger partial charge in [-0.05, 0) is 29.8 Å². The van der Waals surface area contributed by atoms with Crippen LogP contribution in [0.3, 0.4) is 0 Å². The van der Waals surface area contributed by atoms with Crippen molar-refractivity contribution in [3.8, 4) is 5.75 Å². The predicted octanol–water partition coefficient (Wildman–Crippen LogP) is 2.85. The Bertz CT molecular complexity index is 1240. The molecule has 198 valence electrons. The van der Waals surface area contributed by atoms with Gasteiger partial charge in [0, 0.05) is 12.6 Å². The highest BCUT2D eigenvalue weighted by atomic mass is 35.5. The smallest absolute Gasteiger partial charge is 0.471 e. The maximum absolute atomic E-state index is 12.8. The summed E-state index contributed by atoms with van der Waals surface area (Å²) >= 11 is 5.97. The van der Waals surface area contributed by atoms with Crippen molar-refractivity contribution in [3.63, 3.8) is 0 Å². The third kappa shape index (κ3) is 7.47. The molecule has 4 N–H and O–H groups in total. The first-order valence-electron chi connectivity index (χ1n) is 9.83. The largest absolute Gasteiger partial charge is 0.496 e. The second kappa shape index (κ2) is 11.9. The summed E-state index contributed by atoms with van der Waals surface area (Å²) in [5, 5.41) is 12.8. The van der Waals surface area contributed by atoms with E-state index in [9.17, 15) is 37.1 Å². The number of nitrogens with one attached hydrogen (secondary N) is 3. The number of hydrogen-bond donors (Lipinski definition) is 4. The normalized spacial score (nSPS) is 10.6. The van der Waals surface area contributed by atoms with E-state index in [4.69, 9.17) is 21.4 Å². The van der Waals surface area contributed by atoms with Crippen LogP contribution in [0, 0.1) is 0 Å². The number of carboxylic acid groups (broad SMARTS) is 1. The molecule has 0 radical (unpaired) electrons. The summed E-state index contributed by atoms with van der Waals surface area (Å²) in [7, 11) is 2.33. The number of imide groups is 1. The number of hydrazine groups is 1. The number of hydrogen-bond acceptors (Lipinski definition) is 7. The van der Waals surface area contributed by atoms with Gasteiger partial charge in [-0.25, -0.2) is 19.8 Å². The zero-order valence-electron chi connectivity index (χ0n) is 18.9. The molecule has 2 aromatic carbocycles. The van der Waals surface area contributed by atoms with Crippen LogP contribution in [0.1, 0.15) is 26.3 Å². The van der Waals surface area contributed by atoms with Crippen LogP contribution in [0.4, 0.5) is 28.4 Å². The molecular formula is C21H18ClF3N4O8. The van der Waals surface area contributed by atoms with Gasteiger partial charge in [-0.3, -0.25) is 14.9 Å². The molecule has 0 aliphatic carbocycles. The number of carbonyl (C=O) groups is 5. The molecule has 12 nitrogen and oxygen atoms in total. The van der Waals surface area contributed by atoms with Crippen LogP contribution in [-0.2, 0) is 16.1 Å². The predicted molar refractivity (Wildman–Crippen MR) is 120 cm³/mol. The Labute approximate surface area is 211 Å². The Hall–Kier alpha value is -4.53. The fraction of sp³-hybridized carbons (Fsp3) is 0.190. The van der Waals surface area contributed by atoms with E-state index in [-0.39, 0.29) is 33.1 Å². The molecule has 0 bridgehead atoms. The summed E-state index contributed by atoms with van der Waals surface area (Å²) in [5.41, 5.74) is 1.24. The molecule has 0 spiro atoms. The molecule has 16 heteroatoms. The Morgan fingerprint density at radius 1 is 1.03 bits per heavy atom. The maximum Gasteiger partial charge on any atom is 0.471 e. The van der Waals surface area contributed by atoms with Gasteiger partial charge in [0.2, 0.25) is 0 Å². The van der Waals surface area contributed by atoms with Crippen molar-refractivity contribution in [2.24, 2.45) is 0 Å². The Kier molecular flexibility index (Phi) is 9.26. The molecule has 0 aliphatic heterocycles. The lowest BCUT2D eigenvalue weighted by molar-refractivity contribution is -0.173. The fourth-order valence-corrected chi connectivity index (χ4v) is 2.99. The van der Waals surface area contributed by atoms with Gasteiger partial charge in [-0.2, -0.15) is 18.2 Å². The number of amides is 5. The van der Waals surface area contributed by atoms with Crippen molar-refractivity contribution in [3.05, 3.63) is 58.1 Å². The SMILES string of the molecule is COC(=O)c1ccc(N(NC(=O)O)C(=O)NC(=O)c2cc(CNC(=O)C(F)(F)F)ccc2Cl)cc1OC. The molecule has 0 aromatic heterocycles. The van der Waals surface area contributed by atoms with Crippen LogP contribution >= 0.6 is 11.6 Å². The van der Waals surface area contributed by atoms with Gasteiger partial charge in [0.05, 0.1) is 30.5 Å². The Morgan fingerprint density at radius 3 is 2.27 bits per heavy atom. The second-order valence-electron chi connectivity index (χ2n) is 6.88. The van der Waals surface area contributed by atoms with Crippen molar-refractivity contribution in [1.82, 2.24) is 16.1 Å². The summed E-state index contributed by atoms with van der Waals surface area (Å²) in [6.07, 6.45) is -6.81. The van der Waals surface area contributed by atoms with Gasteiger partial charge in [-0.15, -0.1) is 0 Å². The third-order valence-corrected chi connectivity index (χ3v) is 4.80. The third-order valence-electron chi connectivity index (χ3n) is 4.47. The van der Waals surface area contributed by atoms with Gasteiger partial charge in [0.15, 0.2) is 0 Å². The van der Waals surface area contributed by atoms with Crippen molar-refractivity contribution >= 4 is 47.2 Å². The number of alkyl halides is 3. The van der Waals surface area contributed by atoms with E-state index >= 15 is 0 Å². The van der Waals surface area contributed by atoms with E-state index < -0.39 is 42.6 Å². The molecule has 0 fully saturated rings. The Morgan fingerprint density at radius 2 is 1.70 bits per heavy atom. The highest BCUT2D eigenvalue weighted by Gasteiger charge is 2.38. The average molecular weight is 547 g/mol. The van der Waals surface area contributed by atoms with E-state index in [1.807, 2.05) is 5.32 Å². The molecule has 0 saturated carbocycles. The molecule has 0 saturated heterocycles. The van der Waals surface area contributed by atoms with Crippen LogP contribution < -0.4 is 25.8 Å². The number of anilines is 1. The standard InChI is InChI=1S/C21H18ClF3N4O8/c1-36-15-8-11(4-5-12(15)17(31)37-2)29(28-20(34)35)19(33)27-16(30)13-7-10(3-6-14(13)22)9-26-18(32)21(23,24)25/h3-8,28H,9H2,1-2H3,(H,26,32)(H,34,35)(H,27,30,33). The zero-order valence-corrected chi connectivity index (χ0v) is 19.7. The first-order chi connectivity index (χ1) is 17.3. The lowest BCUT2D eigenvalue weighted by atomic mass is 10.1. The van der Waals surface area contributed by atoms with Crippen molar-refractivity contribution in [1.29, 1.82) is 0 Å². The van der Waals surface area contributed by atoms with Crippen molar-refractivity contribution in [2.45, 2.75) is 12.7 Å².